The predicted molar refractivity (Wildman–Crippen MR) is 184 cm³/mol. The number of rotatable bonds is 4. The van der Waals surface area contributed by atoms with Gasteiger partial charge in [-0.3, -0.25) is 0 Å². The van der Waals surface area contributed by atoms with Gasteiger partial charge in [-0.1, -0.05) is 121 Å². The van der Waals surface area contributed by atoms with Crippen molar-refractivity contribution in [2.24, 2.45) is 0 Å². The summed E-state index contributed by atoms with van der Waals surface area (Å²) in [6.07, 6.45) is 0. The maximum absolute atomic E-state index is 6.34. The summed E-state index contributed by atoms with van der Waals surface area (Å²) < 4.78 is 6.34. The van der Waals surface area contributed by atoms with Gasteiger partial charge in [0.25, 0.3) is 0 Å². The van der Waals surface area contributed by atoms with E-state index in [0.717, 1.165) is 71.3 Å². The maximum atomic E-state index is 6.34. The van der Waals surface area contributed by atoms with Gasteiger partial charge in [-0.25, -0.2) is 15.0 Å². The van der Waals surface area contributed by atoms with Crippen LogP contribution in [0.1, 0.15) is 0 Å². The lowest BCUT2D eigenvalue weighted by molar-refractivity contribution is 0.669. The van der Waals surface area contributed by atoms with E-state index in [-0.39, 0.29) is 0 Å². The van der Waals surface area contributed by atoms with Crippen molar-refractivity contribution in [1.29, 1.82) is 0 Å². The van der Waals surface area contributed by atoms with Crippen molar-refractivity contribution < 1.29 is 4.42 Å². The molecule has 0 radical (unpaired) electrons. The molecule has 0 fully saturated rings. The Bertz CT molecular complexity index is 2460. The van der Waals surface area contributed by atoms with Gasteiger partial charge in [-0.05, 0) is 63.0 Å². The monoisotopic (exact) mass is 575 g/mol. The van der Waals surface area contributed by atoms with Gasteiger partial charge < -0.3 is 4.42 Å². The number of furan rings is 1. The lowest BCUT2D eigenvalue weighted by Crippen LogP contribution is -2.00. The molecule has 0 saturated heterocycles. The van der Waals surface area contributed by atoms with Crippen LogP contribution in [0.25, 0.3) is 88.8 Å². The highest BCUT2D eigenvalue weighted by Gasteiger charge is 2.17. The number of hydrogen-bond acceptors (Lipinski definition) is 4. The van der Waals surface area contributed by atoms with Crippen molar-refractivity contribution in [2.75, 3.05) is 0 Å². The molecule has 2 heterocycles. The Morgan fingerprint density at radius 1 is 0.333 bits per heavy atom. The summed E-state index contributed by atoms with van der Waals surface area (Å²) in [5, 5.41) is 6.80. The third-order valence-corrected chi connectivity index (χ3v) is 8.49. The fraction of sp³-hybridized carbons (Fsp3) is 0. The predicted octanol–water partition coefficient (Wildman–Crippen LogP) is 10.7. The molecule has 210 valence electrons. The molecule has 7 aromatic carbocycles. The summed E-state index contributed by atoms with van der Waals surface area (Å²) in [6.45, 7) is 0. The van der Waals surface area contributed by atoms with Gasteiger partial charge in [0.05, 0.1) is 0 Å². The first kappa shape index (κ1) is 25.4. The third-order valence-electron chi connectivity index (χ3n) is 8.49. The Labute approximate surface area is 259 Å². The smallest absolute Gasteiger partial charge is 0.164 e. The summed E-state index contributed by atoms with van der Waals surface area (Å²) >= 11 is 0. The molecule has 0 atom stereocenters. The second-order valence-electron chi connectivity index (χ2n) is 11.3. The van der Waals surface area contributed by atoms with Crippen molar-refractivity contribution in [2.45, 2.75) is 0 Å². The fourth-order valence-electron chi connectivity index (χ4n) is 6.31. The number of nitrogens with zero attached hydrogens (tertiary/aromatic N) is 3. The molecule has 9 aromatic rings. The molecule has 0 bridgehead atoms. The van der Waals surface area contributed by atoms with E-state index in [1.807, 2.05) is 78.9 Å². The van der Waals surface area contributed by atoms with E-state index in [2.05, 4.69) is 72.8 Å². The second kappa shape index (κ2) is 10.2. The van der Waals surface area contributed by atoms with Gasteiger partial charge in [0.15, 0.2) is 17.5 Å². The molecule has 4 heteroatoms. The molecule has 45 heavy (non-hydrogen) atoms. The number of aromatic nitrogens is 3. The molecular weight excluding hydrogens is 550 g/mol. The van der Waals surface area contributed by atoms with Crippen LogP contribution in [-0.2, 0) is 0 Å². The van der Waals surface area contributed by atoms with Crippen molar-refractivity contribution >= 4 is 43.5 Å². The average molecular weight is 576 g/mol. The molecule has 4 nitrogen and oxygen atoms in total. The fourth-order valence-corrected chi connectivity index (χ4v) is 6.31. The van der Waals surface area contributed by atoms with Crippen LogP contribution in [0.5, 0.6) is 0 Å². The van der Waals surface area contributed by atoms with Crippen LogP contribution in [0.2, 0.25) is 0 Å². The van der Waals surface area contributed by atoms with E-state index in [1.165, 1.54) is 0 Å². The van der Waals surface area contributed by atoms with Crippen LogP contribution < -0.4 is 0 Å². The molecule has 0 saturated carbocycles. The van der Waals surface area contributed by atoms with Gasteiger partial charge in [-0.15, -0.1) is 0 Å². The van der Waals surface area contributed by atoms with Crippen LogP contribution in [0, 0.1) is 0 Å². The van der Waals surface area contributed by atoms with E-state index in [9.17, 15) is 0 Å². The zero-order valence-electron chi connectivity index (χ0n) is 24.2. The molecule has 0 aliphatic carbocycles. The van der Waals surface area contributed by atoms with Crippen LogP contribution in [0.4, 0.5) is 0 Å². The van der Waals surface area contributed by atoms with Gasteiger partial charge in [0.1, 0.15) is 11.2 Å². The first-order chi connectivity index (χ1) is 22.3. The molecule has 2 aromatic heterocycles. The van der Waals surface area contributed by atoms with E-state index in [4.69, 9.17) is 19.4 Å². The molecule has 0 spiro atoms. The van der Waals surface area contributed by atoms with Gasteiger partial charge in [0.2, 0.25) is 0 Å². The highest BCUT2D eigenvalue weighted by molar-refractivity contribution is 6.18. The maximum Gasteiger partial charge on any atom is 0.164 e. The number of benzene rings is 7. The highest BCUT2D eigenvalue weighted by Crippen LogP contribution is 2.40. The zero-order valence-corrected chi connectivity index (χ0v) is 24.2. The Kier molecular flexibility index (Phi) is 5.78. The Hall–Kier alpha value is -6.13. The minimum absolute atomic E-state index is 0.628. The number of para-hydroxylation sites is 1. The minimum Gasteiger partial charge on any atom is -0.456 e. The molecular formula is C41H25N3O. The standard InChI is InChI=1S/C41H25N3O/c1-4-12-26(13-5-1)33-23-30(41-43-39(27-14-6-2-7-15-27)42-40(44-41)28-16-8-3-9-17-28)24-35-31(33)21-20-29-22-36-32-18-10-11-19-37(32)45-38(36)25-34(29)35/h1-25H. The van der Waals surface area contributed by atoms with Crippen LogP contribution in [0.3, 0.4) is 0 Å². The van der Waals surface area contributed by atoms with Crippen molar-refractivity contribution in [3.05, 3.63) is 152 Å². The van der Waals surface area contributed by atoms with E-state index in [1.54, 1.807) is 0 Å². The molecule has 0 N–H and O–H groups in total. The quantitative estimate of drug-likeness (QED) is 0.196. The highest BCUT2D eigenvalue weighted by atomic mass is 16.3. The first-order valence-corrected chi connectivity index (χ1v) is 15.0. The lowest BCUT2D eigenvalue weighted by Gasteiger charge is -2.14. The normalized spacial score (nSPS) is 11.6. The van der Waals surface area contributed by atoms with Gasteiger partial charge in [0, 0.05) is 27.5 Å². The summed E-state index contributed by atoms with van der Waals surface area (Å²) in [7, 11) is 0. The molecule has 0 aliphatic rings. The van der Waals surface area contributed by atoms with Gasteiger partial charge >= 0.3 is 0 Å². The Morgan fingerprint density at radius 3 is 1.58 bits per heavy atom. The van der Waals surface area contributed by atoms with E-state index in [0.29, 0.717) is 17.5 Å². The second-order valence-corrected chi connectivity index (χ2v) is 11.3. The summed E-state index contributed by atoms with van der Waals surface area (Å²) in [5.41, 5.74) is 6.84. The third kappa shape index (κ3) is 4.35. The number of hydrogen-bond donors (Lipinski definition) is 0. The first-order valence-electron chi connectivity index (χ1n) is 15.0. The minimum atomic E-state index is 0.628. The van der Waals surface area contributed by atoms with E-state index < -0.39 is 0 Å². The molecule has 9 rings (SSSR count). The lowest BCUT2D eigenvalue weighted by atomic mass is 9.91. The van der Waals surface area contributed by atoms with Crippen LogP contribution in [0.15, 0.2) is 156 Å². The average Bonchev–Trinajstić information content (AvgIpc) is 3.48. The topological polar surface area (TPSA) is 51.8 Å². The van der Waals surface area contributed by atoms with Crippen molar-refractivity contribution in [3.63, 3.8) is 0 Å². The molecule has 0 unspecified atom stereocenters. The SMILES string of the molecule is c1ccc(-c2nc(-c3ccccc3)nc(-c3cc(-c4ccccc4)c4ccc5cc6c(cc5c4c3)oc3ccccc36)n2)cc1. The Balaban J connectivity index is 1.35. The van der Waals surface area contributed by atoms with Gasteiger partial charge in [-0.2, -0.15) is 0 Å². The van der Waals surface area contributed by atoms with E-state index >= 15 is 0 Å². The molecule has 0 amide bonds. The summed E-state index contributed by atoms with van der Waals surface area (Å²) in [4.78, 5) is 15.0. The summed E-state index contributed by atoms with van der Waals surface area (Å²) in [5.74, 6) is 1.91. The largest absolute Gasteiger partial charge is 0.456 e. The van der Waals surface area contributed by atoms with Crippen LogP contribution in [-0.4, -0.2) is 15.0 Å². The zero-order chi connectivity index (χ0) is 29.7. The van der Waals surface area contributed by atoms with Crippen LogP contribution >= 0.6 is 0 Å². The molecule has 0 aliphatic heterocycles. The Morgan fingerprint density at radius 2 is 0.911 bits per heavy atom. The summed E-state index contributed by atoms with van der Waals surface area (Å²) in [6, 6.07) is 52.2. The van der Waals surface area contributed by atoms with Crippen molar-refractivity contribution in [3.8, 4) is 45.3 Å². The van der Waals surface area contributed by atoms with Crippen molar-refractivity contribution in [1.82, 2.24) is 15.0 Å². The number of fused-ring (bicyclic) bond motifs is 6.